The zero-order valence-corrected chi connectivity index (χ0v) is 15.0. The van der Waals surface area contributed by atoms with E-state index < -0.39 is 0 Å². The molecule has 4 heteroatoms. The Kier molecular flexibility index (Phi) is 5.99. The summed E-state index contributed by atoms with van der Waals surface area (Å²) in [7, 11) is 1.66. The van der Waals surface area contributed by atoms with Crippen molar-refractivity contribution in [2.75, 3.05) is 17.7 Å². The second-order valence-corrected chi connectivity index (χ2v) is 6.10. The van der Waals surface area contributed by atoms with Crippen LogP contribution in [0.25, 0.3) is 0 Å². The molecule has 0 aromatic heterocycles. The number of benzene rings is 2. The molecule has 0 amide bonds. The van der Waals surface area contributed by atoms with Gasteiger partial charge < -0.3 is 15.4 Å². The summed E-state index contributed by atoms with van der Waals surface area (Å²) < 4.78 is 5.21. The van der Waals surface area contributed by atoms with Crippen LogP contribution in [0.1, 0.15) is 37.3 Å². The molecule has 122 valence electrons. The second kappa shape index (κ2) is 7.97. The smallest absolute Gasteiger partial charge is 0.175 e. The van der Waals surface area contributed by atoms with Crippen LogP contribution in [-0.4, -0.2) is 12.2 Å². The molecule has 2 rings (SSSR count). The molecule has 23 heavy (non-hydrogen) atoms. The lowest BCUT2D eigenvalue weighted by Crippen LogP contribution is -2.19. The van der Waals surface area contributed by atoms with Crippen molar-refractivity contribution in [2.45, 2.75) is 33.1 Å². The monoisotopic (exact) mass is 328 g/mol. The van der Waals surface area contributed by atoms with Crippen LogP contribution in [0.5, 0.6) is 5.75 Å². The van der Waals surface area contributed by atoms with Gasteiger partial charge in [-0.1, -0.05) is 26.0 Å². The normalized spacial score (nSPS) is 11.7. The molecule has 0 bridgehead atoms. The van der Waals surface area contributed by atoms with E-state index in [4.69, 9.17) is 17.0 Å². The number of thiocarbonyl (C=S) groups is 1. The SMILES string of the molecule is CC[C@@H](C)c1ccc(NC(=S)Nc2ccc(OC)cc2C)cc1. The molecular formula is C19H24N2OS. The number of ether oxygens (including phenoxy) is 1. The Bertz CT molecular complexity index is 668. The van der Waals surface area contributed by atoms with Crippen LogP contribution in [0.4, 0.5) is 11.4 Å². The predicted octanol–water partition coefficient (Wildman–Crippen LogP) is 5.33. The Labute approximate surface area is 144 Å². The Balaban J connectivity index is 1.99. The van der Waals surface area contributed by atoms with Crippen molar-refractivity contribution in [2.24, 2.45) is 0 Å². The summed E-state index contributed by atoms with van der Waals surface area (Å²) in [5, 5.41) is 7.02. The summed E-state index contributed by atoms with van der Waals surface area (Å²) in [6.07, 6.45) is 1.14. The van der Waals surface area contributed by atoms with E-state index in [9.17, 15) is 0 Å². The summed E-state index contributed by atoms with van der Waals surface area (Å²) >= 11 is 5.39. The number of aryl methyl sites for hydroxylation is 1. The van der Waals surface area contributed by atoms with Crippen molar-refractivity contribution in [1.29, 1.82) is 0 Å². The van der Waals surface area contributed by atoms with Gasteiger partial charge in [0.15, 0.2) is 5.11 Å². The predicted molar refractivity (Wildman–Crippen MR) is 103 cm³/mol. The van der Waals surface area contributed by atoms with Gasteiger partial charge >= 0.3 is 0 Å². The molecule has 0 aliphatic rings. The van der Waals surface area contributed by atoms with Gasteiger partial charge in [-0.15, -0.1) is 0 Å². The number of methoxy groups -OCH3 is 1. The zero-order valence-electron chi connectivity index (χ0n) is 14.1. The van der Waals surface area contributed by atoms with Crippen LogP contribution in [0.2, 0.25) is 0 Å². The van der Waals surface area contributed by atoms with E-state index in [1.165, 1.54) is 5.56 Å². The van der Waals surface area contributed by atoms with Crippen molar-refractivity contribution in [3.8, 4) is 5.75 Å². The van der Waals surface area contributed by atoms with Gasteiger partial charge in [0.25, 0.3) is 0 Å². The first kappa shape index (κ1) is 17.3. The van der Waals surface area contributed by atoms with E-state index in [-0.39, 0.29) is 0 Å². The molecule has 0 spiro atoms. The number of hydrogen-bond acceptors (Lipinski definition) is 2. The quantitative estimate of drug-likeness (QED) is 0.727. The molecule has 0 heterocycles. The van der Waals surface area contributed by atoms with Crippen LogP contribution < -0.4 is 15.4 Å². The summed E-state index contributed by atoms with van der Waals surface area (Å²) in [6, 6.07) is 14.3. The van der Waals surface area contributed by atoms with Crippen LogP contribution in [0.15, 0.2) is 42.5 Å². The maximum absolute atomic E-state index is 5.39. The van der Waals surface area contributed by atoms with Crippen molar-refractivity contribution in [3.63, 3.8) is 0 Å². The van der Waals surface area contributed by atoms with Gasteiger partial charge in [0.2, 0.25) is 0 Å². The fraction of sp³-hybridized carbons (Fsp3) is 0.316. The van der Waals surface area contributed by atoms with E-state index in [0.29, 0.717) is 11.0 Å². The lowest BCUT2D eigenvalue weighted by Gasteiger charge is -2.14. The number of nitrogens with one attached hydrogen (secondary N) is 2. The standard InChI is InChI=1S/C19H24N2OS/c1-5-13(2)15-6-8-16(9-7-15)20-19(23)21-18-11-10-17(22-4)12-14(18)3/h6-13H,5H2,1-4H3,(H2,20,21,23)/t13-/m1/s1. The van der Waals surface area contributed by atoms with E-state index >= 15 is 0 Å². The molecule has 0 fully saturated rings. The first-order valence-corrected chi connectivity index (χ1v) is 8.27. The van der Waals surface area contributed by atoms with Crippen molar-refractivity contribution >= 4 is 28.7 Å². The second-order valence-electron chi connectivity index (χ2n) is 5.69. The first-order valence-electron chi connectivity index (χ1n) is 7.86. The van der Waals surface area contributed by atoms with Crippen LogP contribution in [0, 0.1) is 6.92 Å². The average Bonchev–Trinajstić information content (AvgIpc) is 2.56. The van der Waals surface area contributed by atoms with E-state index in [1.807, 2.05) is 25.1 Å². The Hall–Kier alpha value is -2.07. The third-order valence-corrected chi connectivity index (χ3v) is 4.24. The molecular weight excluding hydrogens is 304 g/mol. The molecule has 2 aromatic carbocycles. The third kappa shape index (κ3) is 4.70. The number of hydrogen-bond donors (Lipinski definition) is 2. The van der Waals surface area contributed by atoms with Gasteiger partial charge in [0, 0.05) is 11.4 Å². The highest BCUT2D eigenvalue weighted by atomic mass is 32.1. The van der Waals surface area contributed by atoms with Gasteiger partial charge in [-0.25, -0.2) is 0 Å². The van der Waals surface area contributed by atoms with Crippen molar-refractivity contribution in [3.05, 3.63) is 53.6 Å². The molecule has 1 atom stereocenters. The zero-order chi connectivity index (χ0) is 16.8. The van der Waals surface area contributed by atoms with E-state index in [2.05, 4.69) is 48.7 Å². The van der Waals surface area contributed by atoms with Crippen LogP contribution in [0.3, 0.4) is 0 Å². The van der Waals surface area contributed by atoms with Gasteiger partial charge in [-0.2, -0.15) is 0 Å². The molecule has 0 saturated carbocycles. The molecule has 2 N–H and O–H groups in total. The lowest BCUT2D eigenvalue weighted by molar-refractivity contribution is 0.414. The van der Waals surface area contributed by atoms with Crippen LogP contribution >= 0.6 is 12.2 Å². The largest absolute Gasteiger partial charge is 0.497 e. The highest BCUT2D eigenvalue weighted by molar-refractivity contribution is 7.80. The molecule has 2 aromatic rings. The molecule has 0 saturated heterocycles. The minimum Gasteiger partial charge on any atom is -0.497 e. The molecule has 0 radical (unpaired) electrons. The fourth-order valence-corrected chi connectivity index (χ4v) is 2.55. The van der Waals surface area contributed by atoms with Crippen molar-refractivity contribution < 1.29 is 4.74 Å². The summed E-state index contributed by atoms with van der Waals surface area (Å²) in [5.41, 5.74) is 4.39. The molecule has 0 aliphatic heterocycles. The lowest BCUT2D eigenvalue weighted by atomic mass is 9.99. The topological polar surface area (TPSA) is 33.3 Å². The minimum absolute atomic E-state index is 0.578. The highest BCUT2D eigenvalue weighted by Gasteiger charge is 2.05. The highest BCUT2D eigenvalue weighted by Crippen LogP contribution is 2.22. The molecule has 0 aliphatic carbocycles. The maximum atomic E-state index is 5.39. The Morgan fingerprint density at radius 2 is 1.83 bits per heavy atom. The third-order valence-electron chi connectivity index (χ3n) is 4.03. The maximum Gasteiger partial charge on any atom is 0.175 e. The van der Waals surface area contributed by atoms with Crippen molar-refractivity contribution in [1.82, 2.24) is 0 Å². The fourth-order valence-electron chi connectivity index (χ4n) is 2.32. The van der Waals surface area contributed by atoms with Gasteiger partial charge in [0.05, 0.1) is 7.11 Å². The number of anilines is 2. The Morgan fingerprint density at radius 3 is 2.39 bits per heavy atom. The van der Waals surface area contributed by atoms with Gasteiger partial charge in [-0.05, 0) is 72.9 Å². The number of rotatable bonds is 5. The molecule has 0 unspecified atom stereocenters. The average molecular weight is 328 g/mol. The summed E-state index contributed by atoms with van der Waals surface area (Å²) in [4.78, 5) is 0. The Morgan fingerprint density at radius 1 is 1.13 bits per heavy atom. The van der Waals surface area contributed by atoms with E-state index in [0.717, 1.165) is 29.1 Å². The first-order chi connectivity index (χ1) is 11.0. The summed E-state index contributed by atoms with van der Waals surface area (Å²) in [5.74, 6) is 1.42. The van der Waals surface area contributed by atoms with Crippen LogP contribution in [-0.2, 0) is 0 Å². The van der Waals surface area contributed by atoms with E-state index in [1.54, 1.807) is 7.11 Å². The summed E-state index contributed by atoms with van der Waals surface area (Å²) in [6.45, 7) is 6.46. The van der Waals surface area contributed by atoms with Gasteiger partial charge in [-0.3, -0.25) is 0 Å². The minimum atomic E-state index is 0.578. The molecule has 3 nitrogen and oxygen atoms in total. The van der Waals surface area contributed by atoms with Gasteiger partial charge in [0.1, 0.15) is 5.75 Å².